The first-order chi connectivity index (χ1) is 8.36. The molecule has 0 saturated carbocycles. The molecular formula is C14H30N2O. The summed E-state index contributed by atoms with van der Waals surface area (Å²) in [5.74, 6) is 0.847. The zero-order chi connectivity index (χ0) is 12.3. The van der Waals surface area contributed by atoms with Crippen LogP contribution in [0.3, 0.4) is 0 Å². The summed E-state index contributed by atoms with van der Waals surface area (Å²) < 4.78 is 5.64. The van der Waals surface area contributed by atoms with Gasteiger partial charge in [-0.1, -0.05) is 20.3 Å². The zero-order valence-electron chi connectivity index (χ0n) is 11.7. The van der Waals surface area contributed by atoms with E-state index in [0.717, 1.165) is 32.2 Å². The van der Waals surface area contributed by atoms with Crippen LogP contribution in [0.4, 0.5) is 0 Å². The van der Waals surface area contributed by atoms with Crippen LogP contribution < -0.4 is 5.32 Å². The van der Waals surface area contributed by atoms with Gasteiger partial charge < -0.3 is 15.0 Å². The topological polar surface area (TPSA) is 24.5 Å². The number of hydrogen-bond donors (Lipinski definition) is 1. The Kier molecular flexibility index (Phi) is 8.67. The molecule has 1 N–H and O–H groups in total. The molecule has 1 rings (SSSR count). The van der Waals surface area contributed by atoms with Gasteiger partial charge in [0, 0.05) is 19.7 Å². The quantitative estimate of drug-likeness (QED) is 0.627. The summed E-state index contributed by atoms with van der Waals surface area (Å²) in [6.07, 6.45) is 5.15. The molecule has 0 aromatic rings. The highest BCUT2D eigenvalue weighted by Crippen LogP contribution is 2.11. The molecule has 0 amide bonds. The number of ether oxygens (including phenoxy) is 1. The highest BCUT2D eigenvalue weighted by atomic mass is 16.5. The average Bonchev–Trinajstić information content (AvgIpc) is 2.38. The van der Waals surface area contributed by atoms with Crippen molar-refractivity contribution in [3.63, 3.8) is 0 Å². The van der Waals surface area contributed by atoms with Crippen LogP contribution in [0.2, 0.25) is 0 Å². The van der Waals surface area contributed by atoms with Crippen molar-refractivity contribution in [1.29, 1.82) is 0 Å². The van der Waals surface area contributed by atoms with Crippen LogP contribution in [0, 0.1) is 5.92 Å². The summed E-state index contributed by atoms with van der Waals surface area (Å²) in [5, 5.41) is 3.49. The fraction of sp³-hybridized carbons (Fsp3) is 1.00. The Balaban J connectivity index is 2.05. The summed E-state index contributed by atoms with van der Waals surface area (Å²) in [6, 6.07) is 0. The molecule has 0 spiro atoms. The molecule has 1 atom stereocenters. The number of piperidine rings is 1. The Morgan fingerprint density at radius 2 is 2.18 bits per heavy atom. The third-order valence-electron chi connectivity index (χ3n) is 3.56. The Morgan fingerprint density at radius 3 is 2.82 bits per heavy atom. The number of unbranched alkanes of at least 4 members (excludes halogenated alkanes) is 1. The molecule has 0 aromatic carbocycles. The second-order valence-corrected chi connectivity index (χ2v) is 5.07. The first kappa shape index (κ1) is 14.9. The Bertz CT molecular complexity index is 170. The van der Waals surface area contributed by atoms with E-state index in [-0.39, 0.29) is 0 Å². The van der Waals surface area contributed by atoms with Gasteiger partial charge in [0.25, 0.3) is 0 Å². The van der Waals surface area contributed by atoms with E-state index in [4.69, 9.17) is 4.74 Å². The summed E-state index contributed by atoms with van der Waals surface area (Å²) in [6.45, 7) is 12.2. The fourth-order valence-corrected chi connectivity index (χ4v) is 2.37. The van der Waals surface area contributed by atoms with Crippen molar-refractivity contribution in [2.24, 2.45) is 5.92 Å². The Labute approximate surface area is 107 Å². The van der Waals surface area contributed by atoms with Gasteiger partial charge in [0.1, 0.15) is 0 Å². The lowest BCUT2D eigenvalue weighted by atomic mass is 9.99. The average molecular weight is 242 g/mol. The smallest absolute Gasteiger partial charge is 0.0593 e. The van der Waals surface area contributed by atoms with Crippen LogP contribution in [0.25, 0.3) is 0 Å². The van der Waals surface area contributed by atoms with Crippen molar-refractivity contribution in [2.45, 2.75) is 39.5 Å². The number of nitrogens with one attached hydrogen (secondary N) is 1. The van der Waals surface area contributed by atoms with Crippen molar-refractivity contribution in [1.82, 2.24) is 10.2 Å². The van der Waals surface area contributed by atoms with E-state index < -0.39 is 0 Å². The minimum absolute atomic E-state index is 0.847. The SMILES string of the molecule is CCCCOCCN(CC)CC1CCCNC1. The van der Waals surface area contributed by atoms with Gasteiger partial charge in [0.2, 0.25) is 0 Å². The normalized spacial score (nSPS) is 21.0. The molecule has 1 aliphatic heterocycles. The lowest BCUT2D eigenvalue weighted by Crippen LogP contribution is -2.39. The van der Waals surface area contributed by atoms with Crippen LogP contribution in [0.1, 0.15) is 39.5 Å². The Hall–Kier alpha value is -0.120. The molecule has 1 aliphatic rings. The molecule has 17 heavy (non-hydrogen) atoms. The van der Waals surface area contributed by atoms with E-state index >= 15 is 0 Å². The highest BCUT2D eigenvalue weighted by Gasteiger charge is 2.15. The third kappa shape index (κ3) is 7.02. The number of hydrogen-bond acceptors (Lipinski definition) is 3. The molecular weight excluding hydrogens is 212 g/mol. The van der Waals surface area contributed by atoms with Crippen molar-refractivity contribution >= 4 is 0 Å². The number of nitrogens with zero attached hydrogens (tertiary/aromatic N) is 1. The maximum Gasteiger partial charge on any atom is 0.0593 e. The largest absolute Gasteiger partial charge is 0.380 e. The zero-order valence-corrected chi connectivity index (χ0v) is 11.7. The molecule has 1 heterocycles. The monoisotopic (exact) mass is 242 g/mol. The molecule has 0 radical (unpaired) electrons. The van der Waals surface area contributed by atoms with Gasteiger partial charge in [-0.3, -0.25) is 0 Å². The van der Waals surface area contributed by atoms with Crippen LogP contribution in [0.15, 0.2) is 0 Å². The predicted molar refractivity (Wildman–Crippen MR) is 73.4 cm³/mol. The first-order valence-electron chi connectivity index (χ1n) is 7.37. The third-order valence-corrected chi connectivity index (χ3v) is 3.56. The van der Waals surface area contributed by atoms with E-state index in [1.807, 2.05) is 0 Å². The van der Waals surface area contributed by atoms with E-state index in [1.165, 1.54) is 45.3 Å². The summed E-state index contributed by atoms with van der Waals surface area (Å²) in [7, 11) is 0. The summed E-state index contributed by atoms with van der Waals surface area (Å²) in [5.41, 5.74) is 0. The van der Waals surface area contributed by atoms with Crippen LogP contribution >= 0.6 is 0 Å². The van der Waals surface area contributed by atoms with Gasteiger partial charge in [0.05, 0.1) is 6.61 Å². The van der Waals surface area contributed by atoms with Crippen molar-refractivity contribution < 1.29 is 4.74 Å². The molecule has 0 aliphatic carbocycles. The number of rotatable bonds is 9. The standard InChI is InChI=1S/C14H30N2O/c1-3-5-10-17-11-9-16(4-2)13-14-7-6-8-15-12-14/h14-15H,3-13H2,1-2H3. The lowest BCUT2D eigenvalue weighted by Gasteiger charge is -2.29. The van der Waals surface area contributed by atoms with E-state index in [1.54, 1.807) is 0 Å². The van der Waals surface area contributed by atoms with Gasteiger partial charge in [-0.25, -0.2) is 0 Å². The second-order valence-electron chi connectivity index (χ2n) is 5.07. The van der Waals surface area contributed by atoms with Gasteiger partial charge in [-0.2, -0.15) is 0 Å². The van der Waals surface area contributed by atoms with E-state index in [0.29, 0.717) is 0 Å². The molecule has 1 fully saturated rings. The van der Waals surface area contributed by atoms with Gasteiger partial charge in [-0.15, -0.1) is 0 Å². The Morgan fingerprint density at radius 1 is 1.29 bits per heavy atom. The maximum absolute atomic E-state index is 5.64. The van der Waals surface area contributed by atoms with Crippen molar-refractivity contribution in [3.05, 3.63) is 0 Å². The molecule has 102 valence electrons. The molecule has 1 saturated heterocycles. The van der Waals surface area contributed by atoms with Gasteiger partial charge >= 0.3 is 0 Å². The molecule has 3 heteroatoms. The van der Waals surface area contributed by atoms with Gasteiger partial charge in [-0.05, 0) is 44.8 Å². The fourth-order valence-electron chi connectivity index (χ4n) is 2.37. The minimum Gasteiger partial charge on any atom is -0.380 e. The maximum atomic E-state index is 5.64. The number of likely N-dealkylation sites (N-methyl/N-ethyl adjacent to an activating group) is 1. The predicted octanol–water partition coefficient (Wildman–Crippen LogP) is 2.12. The van der Waals surface area contributed by atoms with Crippen molar-refractivity contribution in [2.75, 3.05) is 45.9 Å². The van der Waals surface area contributed by atoms with Crippen LogP contribution in [-0.2, 0) is 4.74 Å². The first-order valence-corrected chi connectivity index (χ1v) is 7.37. The highest BCUT2D eigenvalue weighted by molar-refractivity contribution is 4.72. The van der Waals surface area contributed by atoms with E-state index in [9.17, 15) is 0 Å². The summed E-state index contributed by atoms with van der Waals surface area (Å²) >= 11 is 0. The summed E-state index contributed by atoms with van der Waals surface area (Å²) in [4.78, 5) is 2.53. The van der Waals surface area contributed by atoms with Gasteiger partial charge in [0.15, 0.2) is 0 Å². The minimum atomic E-state index is 0.847. The van der Waals surface area contributed by atoms with Crippen molar-refractivity contribution in [3.8, 4) is 0 Å². The molecule has 0 aromatic heterocycles. The molecule has 1 unspecified atom stereocenters. The van der Waals surface area contributed by atoms with E-state index in [2.05, 4.69) is 24.1 Å². The molecule has 0 bridgehead atoms. The van der Waals surface area contributed by atoms with Crippen LogP contribution in [0.5, 0.6) is 0 Å². The molecule has 3 nitrogen and oxygen atoms in total. The van der Waals surface area contributed by atoms with Crippen LogP contribution in [-0.4, -0.2) is 50.8 Å². The lowest BCUT2D eigenvalue weighted by molar-refractivity contribution is 0.0954. The second kappa shape index (κ2) is 9.86.